The van der Waals surface area contributed by atoms with Gasteiger partial charge in [0.25, 0.3) is 0 Å². The number of benzene rings is 2. The molecule has 1 aliphatic heterocycles. The minimum atomic E-state index is -2.58. The van der Waals surface area contributed by atoms with Crippen molar-refractivity contribution < 1.29 is 62.0 Å². The van der Waals surface area contributed by atoms with Crippen LogP contribution < -0.4 is 0 Å². The van der Waals surface area contributed by atoms with Gasteiger partial charge in [0.05, 0.1) is 29.6 Å². The molecule has 1 N–H and O–H groups in total. The summed E-state index contributed by atoms with van der Waals surface area (Å²) in [5, 5.41) is 13.8. The zero-order chi connectivity index (χ0) is 44.0. The first-order valence-corrected chi connectivity index (χ1v) is 23.5. The molecule has 2 aromatic carbocycles. The van der Waals surface area contributed by atoms with E-state index in [0.717, 1.165) is 0 Å². The van der Waals surface area contributed by atoms with Gasteiger partial charge in [-0.2, -0.15) is 0 Å². The van der Waals surface area contributed by atoms with Gasteiger partial charge in [0.2, 0.25) is 0 Å². The predicted molar refractivity (Wildman–Crippen MR) is 220 cm³/mol. The van der Waals surface area contributed by atoms with Crippen molar-refractivity contribution >= 4 is 43.8 Å². The summed E-state index contributed by atoms with van der Waals surface area (Å²) in [6.07, 6.45) is -7.30. The molecule has 2 saturated carbocycles. The molecule has 0 aromatic heterocycles. The molecule has 4 aliphatic rings. The summed E-state index contributed by atoms with van der Waals surface area (Å²) >= 11 is 0. The number of carbonyl (C=O) groups excluding carboxylic acids is 6. The molecule has 0 spiro atoms. The molecule has 6 rings (SSSR count). The van der Waals surface area contributed by atoms with E-state index in [9.17, 15) is 29.1 Å². The Hall–Kier alpha value is -4.50. The van der Waals surface area contributed by atoms with Gasteiger partial charge in [-0.1, -0.05) is 83.1 Å². The lowest BCUT2D eigenvalue weighted by molar-refractivity contribution is -0.344. The van der Waals surface area contributed by atoms with Crippen LogP contribution in [-0.2, 0) is 47.3 Å². The van der Waals surface area contributed by atoms with Crippen LogP contribution in [0.1, 0.15) is 102 Å². The van der Waals surface area contributed by atoms with Gasteiger partial charge >= 0.3 is 23.9 Å². The van der Waals surface area contributed by atoms with Crippen LogP contribution in [0.15, 0.2) is 71.8 Å². The first-order valence-electron chi connectivity index (χ1n) is 20.9. The average molecular weight is 847 g/mol. The standard InChI is InChI=1S/C46H58O13Si/c1-10-60(11-2,12-3)59-34-24-35-45(26-54-35,58-29(6)48)39-41(57-42(52)31-21-17-14-18-22-31)46(53)25-33(56-36(50)23-32(49)30-19-15-13-16-20-30)27(4)37(43(46,7)8)38(55-28(5)47)40(51)44(34,39)9/h13-22,33-35,38-39,41,53H,10-12,23-26H2,1-9H3/t33-,34-,35+,38+,39-,41-,44+,45-,46+/m0/s1. The Kier molecular flexibility index (Phi) is 12.6. The van der Waals surface area contributed by atoms with Gasteiger partial charge in [-0.25, -0.2) is 4.79 Å². The van der Waals surface area contributed by atoms with Crippen molar-refractivity contribution in [2.24, 2.45) is 16.7 Å². The number of aliphatic hydroxyl groups is 1. The number of ketones is 2. The topological polar surface area (TPSA) is 178 Å². The summed E-state index contributed by atoms with van der Waals surface area (Å²) in [6.45, 7) is 15.0. The zero-order valence-corrected chi connectivity index (χ0v) is 37.0. The van der Waals surface area contributed by atoms with Crippen LogP contribution in [-0.4, -0.2) is 97.2 Å². The third-order valence-electron chi connectivity index (χ3n) is 14.2. The predicted octanol–water partition coefficient (Wildman–Crippen LogP) is 6.51. The molecule has 2 aromatic rings. The van der Waals surface area contributed by atoms with Gasteiger partial charge in [-0.05, 0) is 55.3 Å². The number of ether oxygens (including phenoxy) is 5. The second kappa shape index (κ2) is 16.7. The maximum absolute atomic E-state index is 16.1. The lowest BCUT2D eigenvalue weighted by Gasteiger charge is -2.68. The molecule has 324 valence electrons. The molecule has 0 amide bonds. The summed E-state index contributed by atoms with van der Waals surface area (Å²) in [4.78, 5) is 83.8. The van der Waals surface area contributed by atoms with Gasteiger partial charge in [0, 0.05) is 37.7 Å². The number of Topliss-reactive ketones (excluding diaryl/α,β-unsaturated/α-hetero) is 2. The number of carbonyl (C=O) groups is 6. The van der Waals surface area contributed by atoms with E-state index in [-0.39, 0.29) is 30.6 Å². The fraction of sp³-hybridized carbons (Fsp3) is 0.565. The van der Waals surface area contributed by atoms with Crippen LogP contribution in [0.3, 0.4) is 0 Å². The van der Waals surface area contributed by atoms with E-state index in [1.54, 1.807) is 88.4 Å². The van der Waals surface area contributed by atoms with Crippen molar-refractivity contribution in [2.75, 3.05) is 6.61 Å². The number of rotatable bonds is 13. The van der Waals surface area contributed by atoms with Crippen LogP contribution in [0.5, 0.6) is 0 Å². The summed E-state index contributed by atoms with van der Waals surface area (Å²) in [6, 6.07) is 18.6. The highest BCUT2D eigenvalue weighted by atomic mass is 28.4. The number of hydrogen-bond acceptors (Lipinski definition) is 13. The Balaban J connectivity index is 1.63. The molecule has 60 heavy (non-hydrogen) atoms. The third kappa shape index (κ3) is 7.47. The van der Waals surface area contributed by atoms with E-state index in [4.69, 9.17) is 28.1 Å². The molecular weight excluding hydrogens is 789 g/mol. The summed E-state index contributed by atoms with van der Waals surface area (Å²) in [5.41, 5.74) is -6.27. The van der Waals surface area contributed by atoms with Crippen LogP contribution in [0.25, 0.3) is 0 Å². The van der Waals surface area contributed by atoms with Gasteiger partial charge in [0.15, 0.2) is 31.6 Å². The number of esters is 4. The van der Waals surface area contributed by atoms with E-state index in [0.29, 0.717) is 29.3 Å². The molecule has 0 unspecified atom stereocenters. The van der Waals surface area contributed by atoms with E-state index < -0.39 is 109 Å². The smallest absolute Gasteiger partial charge is 0.338 e. The highest BCUT2D eigenvalue weighted by molar-refractivity contribution is 6.73. The lowest BCUT2D eigenvalue weighted by atomic mass is 9.44. The quantitative estimate of drug-likeness (QED) is 0.0577. The van der Waals surface area contributed by atoms with Crippen molar-refractivity contribution in [3.8, 4) is 0 Å². The Morgan fingerprint density at radius 1 is 0.833 bits per heavy atom. The van der Waals surface area contributed by atoms with Crippen LogP contribution in [0.2, 0.25) is 18.1 Å². The Morgan fingerprint density at radius 2 is 1.42 bits per heavy atom. The van der Waals surface area contributed by atoms with Gasteiger partial charge < -0.3 is 33.2 Å². The maximum atomic E-state index is 16.1. The fourth-order valence-electron chi connectivity index (χ4n) is 10.5. The van der Waals surface area contributed by atoms with Crippen LogP contribution in [0, 0.1) is 16.7 Å². The highest BCUT2D eigenvalue weighted by Crippen LogP contribution is 2.65. The van der Waals surface area contributed by atoms with E-state index in [1.165, 1.54) is 13.8 Å². The summed E-state index contributed by atoms with van der Waals surface area (Å²) < 4.78 is 38.5. The van der Waals surface area contributed by atoms with Crippen LogP contribution in [0.4, 0.5) is 0 Å². The second-order valence-corrected chi connectivity index (χ2v) is 22.3. The minimum absolute atomic E-state index is 0.114. The molecule has 13 nitrogen and oxygen atoms in total. The van der Waals surface area contributed by atoms with Gasteiger partial charge in [0.1, 0.15) is 30.3 Å². The van der Waals surface area contributed by atoms with Crippen molar-refractivity contribution in [1.29, 1.82) is 0 Å². The Morgan fingerprint density at radius 3 is 1.93 bits per heavy atom. The Labute approximate surface area is 352 Å². The fourth-order valence-corrected chi connectivity index (χ4v) is 13.5. The normalized spacial score (nSPS) is 31.9. The van der Waals surface area contributed by atoms with E-state index in [1.807, 2.05) is 0 Å². The highest BCUT2D eigenvalue weighted by Gasteiger charge is 2.79. The molecule has 1 heterocycles. The largest absolute Gasteiger partial charge is 0.457 e. The molecule has 3 aliphatic carbocycles. The monoisotopic (exact) mass is 846 g/mol. The second-order valence-electron chi connectivity index (χ2n) is 17.5. The van der Waals surface area contributed by atoms with Crippen molar-refractivity contribution in [2.45, 2.75) is 141 Å². The van der Waals surface area contributed by atoms with E-state index in [2.05, 4.69) is 20.8 Å². The first kappa shape index (κ1) is 45.0. The molecule has 0 radical (unpaired) electrons. The lowest BCUT2D eigenvalue weighted by Crippen LogP contribution is -2.82. The molecule has 2 bridgehead atoms. The van der Waals surface area contributed by atoms with Gasteiger partial charge in [-0.3, -0.25) is 24.0 Å². The molecule has 9 atom stereocenters. The maximum Gasteiger partial charge on any atom is 0.338 e. The summed E-state index contributed by atoms with van der Waals surface area (Å²) in [7, 11) is -2.58. The number of fused-ring (bicyclic) bond motifs is 5. The SMILES string of the molecule is CC[Si](CC)(CC)O[C@H]1C[C@H]2OC[C@@]2(OC(C)=O)[C@H]2[C@H](OC(=O)c3ccccc3)[C@]3(O)C[C@H](OC(=O)CC(=O)c4ccccc4)C(C)=C([C@@H](OC(C)=O)C(=O)[C@]12C)C3(C)C. The molecular formula is C46H58O13Si. The average Bonchev–Trinajstić information content (AvgIpc) is 3.20. The minimum Gasteiger partial charge on any atom is -0.457 e. The van der Waals surface area contributed by atoms with Crippen molar-refractivity contribution in [3.05, 3.63) is 82.9 Å². The van der Waals surface area contributed by atoms with E-state index >= 15 is 4.79 Å². The Bertz CT molecular complexity index is 2040. The third-order valence-corrected chi connectivity index (χ3v) is 18.8. The van der Waals surface area contributed by atoms with Crippen molar-refractivity contribution in [1.82, 2.24) is 0 Å². The van der Waals surface area contributed by atoms with Crippen molar-refractivity contribution in [3.63, 3.8) is 0 Å². The molecule has 14 heteroatoms. The first-order chi connectivity index (χ1) is 28.2. The zero-order valence-electron chi connectivity index (χ0n) is 36.0. The summed E-state index contributed by atoms with van der Waals surface area (Å²) in [5.74, 6) is -5.69. The van der Waals surface area contributed by atoms with Crippen LogP contribution >= 0.6 is 0 Å². The van der Waals surface area contributed by atoms with Gasteiger partial charge in [-0.15, -0.1) is 0 Å². The molecule has 1 saturated heterocycles. The number of hydrogen-bond donors (Lipinski definition) is 1. The molecule has 3 fully saturated rings.